The first-order valence-electron chi connectivity index (χ1n) is 6.10. The lowest BCUT2D eigenvalue weighted by molar-refractivity contribution is -0.118. The van der Waals surface area contributed by atoms with Crippen LogP contribution in [0.3, 0.4) is 0 Å². The van der Waals surface area contributed by atoms with Gasteiger partial charge in [-0.25, -0.2) is 4.98 Å². The van der Waals surface area contributed by atoms with Crippen molar-refractivity contribution in [2.75, 3.05) is 13.1 Å². The molecular weight excluding hydrogens is 224 g/mol. The Morgan fingerprint density at radius 3 is 2.78 bits per heavy atom. The van der Waals surface area contributed by atoms with E-state index in [1.165, 1.54) is 5.57 Å². The summed E-state index contributed by atoms with van der Waals surface area (Å²) in [5.74, 6) is 6.09. The van der Waals surface area contributed by atoms with Gasteiger partial charge in [0.25, 0.3) is 0 Å². The van der Waals surface area contributed by atoms with Crippen molar-refractivity contribution in [2.45, 2.75) is 19.8 Å². The Labute approximate surface area is 108 Å². The summed E-state index contributed by atoms with van der Waals surface area (Å²) < 4.78 is 0. The maximum Gasteiger partial charge on any atom is 0.209 e. The highest BCUT2D eigenvalue weighted by atomic mass is 16.1. The molecule has 1 aliphatic rings. The largest absolute Gasteiger partial charge is 0.345 e. The molecule has 1 amide bonds. The fourth-order valence-corrected chi connectivity index (χ4v) is 1.89. The van der Waals surface area contributed by atoms with Gasteiger partial charge in [0, 0.05) is 18.8 Å². The van der Waals surface area contributed by atoms with Crippen molar-refractivity contribution in [1.82, 2.24) is 9.88 Å². The highest BCUT2D eigenvalue weighted by Gasteiger charge is 2.10. The van der Waals surface area contributed by atoms with Crippen LogP contribution in [0.4, 0.5) is 0 Å². The average molecular weight is 240 g/mol. The molecular formula is C15H16N2O. The Kier molecular flexibility index (Phi) is 4.14. The molecule has 0 saturated carbocycles. The summed E-state index contributed by atoms with van der Waals surface area (Å²) in [4.78, 5) is 16.7. The number of aryl methyl sites for hydroxylation is 1. The van der Waals surface area contributed by atoms with Crippen LogP contribution in [-0.2, 0) is 4.79 Å². The van der Waals surface area contributed by atoms with Gasteiger partial charge in [0.1, 0.15) is 5.69 Å². The van der Waals surface area contributed by atoms with Crippen LogP contribution in [0.5, 0.6) is 0 Å². The van der Waals surface area contributed by atoms with Crippen molar-refractivity contribution in [3.8, 4) is 11.8 Å². The second-order valence-corrected chi connectivity index (χ2v) is 4.38. The lowest BCUT2D eigenvalue weighted by Crippen LogP contribution is -2.29. The molecule has 1 saturated heterocycles. The lowest BCUT2D eigenvalue weighted by atomic mass is 10.0. The van der Waals surface area contributed by atoms with E-state index in [0.29, 0.717) is 0 Å². The highest BCUT2D eigenvalue weighted by Crippen LogP contribution is 2.14. The summed E-state index contributed by atoms with van der Waals surface area (Å²) in [5.41, 5.74) is 3.10. The van der Waals surface area contributed by atoms with Crippen LogP contribution in [0.15, 0.2) is 29.8 Å². The second-order valence-electron chi connectivity index (χ2n) is 4.38. The Morgan fingerprint density at radius 1 is 1.33 bits per heavy atom. The number of piperidine rings is 1. The zero-order valence-electron chi connectivity index (χ0n) is 10.5. The van der Waals surface area contributed by atoms with Gasteiger partial charge in [0.15, 0.2) is 0 Å². The third kappa shape index (κ3) is 3.46. The number of aromatic nitrogens is 1. The summed E-state index contributed by atoms with van der Waals surface area (Å²) >= 11 is 0. The third-order valence-electron chi connectivity index (χ3n) is 2.95. The van der Waals surface area contributed by atoms with Gasteiger partial charge in [-0.3, -0.25) is 4.79 Å². The van der Waals surface area contributed by atoms with Crippen molar-refractivity contribution in [1.29, 1.82) is 0 Å². The molecule has 0 aliphatic carbocycles. The molecule has 92 valence electrons. The van der Waals surface area contributed by atoms with Gasteiger partial charge in [0.2, 0.25) is 6.41 Å². The van der Waals surface area contributed by atoms with Crippen LogP contribution in [0, 0.1) is 18.8 Å². The standard InChI is InChI=1S/C15H16N2O/c1-13-4-2-6-15(16-13)7-3-5-14-8-10-17(12-18)11-9-14/h2,4-6,12H,8-11H2,1H3. The van der Waals surface area contributed by atoms with Gasteiger partial charge in [-0.05, 0) is 43.9 Å². The van der Waals surface area contributed by atoms with Gasteiger partial charge >= 0.3 is 0 Å². The summed E-state index contributed by atoms with van der Waals surface area (Å²) in [6.07, 6.45) is 4.73. The summed E-state index contributed by atoms with van der Waals surface area (Å²) in [7, 11) is 0. The maximum absolute atomic E-state index is 10.6. The molecule has 2 rings (SSSR count). The predicted octanol–water partition coefficient (Wildman–Crippen LogP) is 1.92. The topological polar surface area (TPSA) is 33.2 Å². The molecule has 0 spiro atoms. The third-order valence-corrected chi connectivity index (χ3v) is 2.95. The molecule has 1 fully saturated rings. The van der Waals surface area contributed by atoms with Crippen LogP contribution < -0.4 is 0 Å². The number of likely N-dealkylation sites (tertiary alicyclic amines) is 1. The number of hydrogen-bond donors (Lipinski definition) is 0. The molecule has 0 N–H and O–H groups in total. The van der Waals surface area contributed by atoms with E-state index >= 15 is 0 Å². The summed E-state index contributed by atoms with van der Waals surface area (Å²) in [6, 6.07) is 5.83. The monoisotopic (exact) mass is 240 g/mol. The molecule has 18 heavy (non-hydrogen) atoms. The van der Waals surface area contributed by atoms with Crippen molar-refractivity contribution < 1.29 is 4.79 Å². The minimum atomic E-state index is 0.803. The molecule has 0 radical (unpaired) electrons. The first kappa shape index (κ1) is 12.4. The van der Waals surface area contributed by atoms with Crippen LogP contribution >= 0.6 is 0 Å². The highest BCUT2D eigenvalue weighted by molar-refractivity contribution is 5.47. The van der Waals surface area contributed by atoms with Crippen molar-refractivity contribution >= 4 is 6.41 Å². The number of nitrogens with zero attached hydrogens (tertiary/aromatic N) is 2. The molecule has 0 atom stereocenters. The van der Waals surface area contributed by atoms with Gasteiger partial charge in [0.05, 0.1) is 0 Å². The van der Waals surface area contributed by atoms with Gasteiger partial charge in [-0.15, -0.1) is 0 Å². The normalized spacial score (nSPS) is 14.7. The van der Waals surface area contributed by atoms with E-state index in [-0.39, 0.29) is 0 Å². The predicted molar refractivity (Wildman–Crippen MR) is 70.8 cm³/mol. The lowest BCUT2D eigenvalue weighted by Gasteiger charge is -2.23. The SMILES string of the molecule is Cc1cccc(C#CC=C2CCN(C=O)CC2)n1. The molecule has 0 aromatic carbocycles. The summed E-state index contributed by atoms with van der Waals surface area (Å²) in [6.45, 7) is 3.57. The van der Waals surface area contributed by atoms with E-state index in [4.69, 9.17) is 0 Å². The van der Waals surface area contributed by atoms with E-state index in [2.05, 4.69) is 16.8 Å². The smallest absolute Gasteiger partial charge is 0.209 e. The molecule has 1 aromatic rings. The number of amides is 1. The van der Waals surface area contributed by atoms with E-state index in [9.17, 15) is 4.79 Å². The minimum absolute atomic E-state index is 0.803. The Bertz CT molecular complexity index is 513. The van der Waals surface area contributed by atoms with Crippen LogP contribution in [0.1, 0.15) is 24.2 Å². The quantitative estimate of drug-likeness (QED) is 0.555. The zero-order valence-corrected chi connectivity index (χ0v) is 10.5. The fraction of sp³-hybridized carbons (Fsp3) is 0.333. The first-order valence-corrected chi connectivity index (χ1v) is 6.10. The van der Waals surface area contributed by atoms with Crippen molar-refractivity contribution in [2.24, 2.45) is 0 Å². The van der Waals surface area contributed by atoms with E-state index in [1.54, 1.807) is 4.90 Å². The molecule has 3 nitrogen and oxygen atoms in total. The zero-order chi connectivity index (χ0) is 12.8. The number of carbonyl (C=O) groups is 1. The summed E-state index contributed by atoms with van der Waals surface area (Å²) in [5, 5.41) is 0. The number of rotatable bonds is 1. The molecule has 2 heterocycles. The number of allylic oxidation sites excluding steroid dienone is 1. The van der Waals surface area contributed by atoms with E-state index in [0.717, 1.165) is 43.7 Å². The average Bonchev–Trinajstić information content (AvgIpc) is 2.40. The Balaban J connectivity index is 1.97. The van der Waals surface area contributed by atoms with Crippen LogP contribution in [0.2, 0.25) is 0 Å². The molecule has 0 unspecified atom stereocenters. The molecule has 3 heteroatoms. The van der Waals surface area contributed by atoms with Gasteiger partial charge in [-0.1, -0.05) is 17.6 Å². The van der Waals surface area contributed by atoms with Gasteiger partial charge in [-0.2, -0.15) is 0 Å². The van der Waals surface area contributed by atoms with Crippen molar-refractivity contribution in [3.63, 3.8) is 0 Å². The van der Waals surface area contributed by atoms with Crippen molar-refractivity contribution in [3.05, 3.63) is 41.2 Å². The molecule has 1 aliphatic heterocycles. The first-order chi connectivity index (χ1) is 8.78. The Morgan fingerprint density at radius 2 is 2.11 bits per heavy atom. The van der Waals surface area contributed by atoms with E-state index in [1.807, 2.05) is 31.2 Å². The van der Waals surface area contributed by atoms with Crippen LogP contribution in [-0.4, -0.2) is 29.4 Å². The number of carbonyl (C=O) groups excluding carboxylic acids is 1. The molecule has 0 bridgehead atoms. The Hall–Kier alpha value is -2.08. The van der Waals surface area contributed by atoms with E-state index < -0.39 is 0 Å². The number of hydrogen-bond acceptors (Lipinski definition) is 2. The fourth-order valence-electron chi connectivity index (χ4n) is 1.89. The maximum atomic E-state index is 10.6. The number of pyridine rings is 1. The minimum Gasteiger partial charge on any atom is -0.345 e. The second kappa shape index (κ2) is 6.02. The molecule has 1 aromatic heterocycles. The van der Waals surface area contributed by atoms with Gasteiger partial charge < -0.3 is 4.90 Å². The van der Waals surface area contributed by atoms with Crippen LogP contribution in [0.25, 0.3) is 0 Å².